The molecule has 0 unspecified atom stereocenters. The average Bonchev–Trinajstić information content (AvgIpc) is 2.76. The second kappa shape index (κ2) is 9.80. The van der Waals surface area contributed by atoms with E-state index >= 15 is 0 Å². The molecular weight excluding hydrogens is 454 g/mol. The van der Waals surface area contributed by atoms with Crippen LogP contribution in [0.15, 0.2) is 72.0 Å². The summed E-state index contributed by atoms with van der Waals surface area (Å²) in [6.07, 6.45) is -8.66. The molecule has 1 aromatic heterocycles. The predicted octanol–water partition coefficient (Wildman–Crippen LogP) is 5.98. The van der Waals surface area contributed by atoms with E-state index in [2.05, 4.69) is 14.9 Å². The van der Waals surface area contributed by atoms with Crippen molar-refractivity contribution < 1.29 is 40.7 Å². The van der Waals surface area contributed by atoms with Crippen molar-refractivity contribution in [1.82, 2.24) is 4.98 Å². The zero-order chi connectivity index (χ0) is 24.1. The van der Waals surface area contributed by atoms with Crippen LogP contribution in [0.2, 0.25) is 0 Å². The molecule has 0 bridgehead atoms. The largest absolute Gasteiger partial charge is 0.573 e. The van der Waals surface area contributed by atoms with Gasteiger partial charge >= 0.3 is 12.5 Å². The number of nitrogens with zero attached hydrogens (tertiary/aromatic N) is 2. The number of ether oxygens (including phenoxy) is 2. The zero-order valence-corrected chi connectivity index (χ0v) is 16.9. The molecule has 0 aliphatic rings. The number of rotatable bonds is 7. The van der Waals surface area contributed by atoms with Crippen molar-refractivity contribution in [1.29, 1.82) is 0 Å². The topological polar surface area (TPSA) is 52.9 Å². The maximum Gasteiger partial charge on any atom is 0.573 e. The van der Waals surface area contributed by atoms with Gasteiger partial charge in [-0.3, -0.25) is 0 Å². The van der Waals surface area contributed by atoms with E-state index in [4.69, 9.17) is 9.57 Å². The molecule has 0 fully saturated rings. The Bertz CT molecular complexity index is 1090. The van der Waals surface area contributed by atoms with E-state index in [-0.39, 0.29) is 12.5 Å². The summed E-state index contributed by atoms with van der Waals surface area (Å²) >= 11 is 0. The molecule has 2 aromatic carbocycles. The first kappa shape index (κ1) is 23.9. The van der Waals surface area contributed by atoms with Gasteiger partial charge in [0.25, 0.3) is 0 Å². The predicted molar refractivity (Wildman–Crippen MR) is 106 cm³/mol. The third-order valence-electron chi connectivity index (χ3n) is 4.26. The quantitative estimate of drug-likeness (QED) is 0.242. The highest BCUT2D eigenvalue weighted by Crippen LogP contribution is 2.29. The van der Waals surface area contributed by atoms with Crippen LogP contribution in [-0.2, 0) is 17.6 Å². The Morgan fingerprint density at radius 3 is 2.18 bits per heavy atom. The summed E-state index contributed by atoms with van der Waals surface area (Å²) in [4.78, 5) is 8.57. The van der Waals surface area contributed by atoms with Gasteiger partial charge in [-0.15, -0.1) is 13.2 Å². The van der Waals surface area contributed by atoms with Crippen molar-refractivity contribution in [2.75, 3.05) is 7.11 Å². The molecule has 5 nitrogen and oxygen atoms in total. The molecule has 0 saturated heterocycles. The Morgan fingerprint density at radius 1 is 0.909 bits per heavy atom. The number of halogens is 6. The molecule has 0 aliphatic carbocycles. The van der Waals surface area contributed by atoms with Crippen LogP contribution in [0.3, 0.4) is 0 Å². The molecule has 11 heteroatoms. The second-order valence-corrected chi connectivity index (χ2v) is 6.52. The van der Waals surface area contributed by atoms with Crippen LogP contribution in [0.25, 0.3) is 0 Å². The number of alkyl halides is 6. The number of hydrogen-bond donors (Lipinski definition) is 0. The molecule has 1 heterocycles. The highest BCUT2D eigenvalue weighted by molar-refractivity contribution is 6.13. The van der Waals surface area contributed by atoms with Gasteiger partial charge in [0, 0.05) is 23.4 Å². The standard InChI is InChI=1S/C22H16F6N2O3/c1-31-30-20(14-6-9-17(10-7-14)33-22(26,27)28)18-5-3-2-4-15(18)13-32-19-11-8-16(12-29-19)21(23,24)25/h2-12H,13H2,1H3/b30-20-. The molecule has 174 valence electrons. The molecule has 3 aromatic rings. The van der Waals surface area contributed by atoms with Gasteiger partial charge in [0.2, 0.25) is 5.88 Å². The Morgan fingerprint density at radius 2 is 1.61 bits per heavy atom. The summed E-state index contributed by atoms with van der Waals surface area (Å²) < 4.78 is 84.7. The third-order valence-corrected chi connectivity index (χ3v) is 4.26. The molecule has 3 rings (SSSR count). The SMILES string of the molecule is CO/N=C(/c1ccc(OC(F)(F)F)cc1)c1ccccc1COc1ccc(C(F)(F)F)cn1. The van der Waals surface area contributed by atoms with Gasteiger partial charge in [-0.1, -0.05) is 29.4 Å². The van der Waals surface area contributed by atoms with E-state index in [0.717, 1.165) is 24.3 Å². The van der Waals surface area contributed by atoms with Gasteiger partial charge in [-0.05, 0) is 35.9 Å². The van der Waals surface area contributed by atoms with Crippen molar-refractivity contribution in [2.45, 2.75) is 19.1 Å². The van der Waals surface area contributed by atoms with Crippen LogP contribution in [0.4, 0.5) is 26.3 Å². The summed E-state index contributed by atoms with van der Waals surface area (Å²) in [5.41, 5.74) is 0.964. The van der Waals surface area contributed by atoms with Crippen molar-refractivity contribution in [3.05, 3.63) is 89.1 Å². The molecule has 0 N–H and O–H groups in total. The van der Waals surface area contributed by atoms with E-state index in [1.165, 1.54) is 19.2 Å². The molecule has 0 atom stereocenters. The average molecular weight is 470 g/mol. The van der Waals surface area contributed by atoms with Crippen LogP contribution < -0.4 is 9.47 Å². The summed E-state index contributed by atoms with van der Waals surface area (Å²) in [5.74, 6) is -0.412. The van der Waals surface area contributed by atoms with Gasteiger partial charge in [0.05, 0.1) is 5.56 Å². The molecule has 0 spiro atoms. The van der Waals surface area contributed by atoms with Crippen LogP contribution in [-0.4, -0.2) is 24.2 Å². The second-order valence-electron chi connectivity index (χ2n) is 6.52. The number of oxime groups is 1. The Hall–Kier alpha value is -3.76. The molecular formula is C22H16F6N2O3. The van der Waals surface area contributed by atoms with Gasteiger partial charge in [-0.25, -0.2) is 4.98 Å². The van der Waals surface area contributed by atoms with E-state index in [1.807, 2.05) is 0 Å². The van der Waals surface area contributed by atoms with E-state index < -0.39 is 23.9 Å². The fraction of sp³-hybridized carbons (Fsp3) is 0.182. The van der Waals surface area contributed by atoms with E-state index in [1.54, 1.807) is 24.3 Å². The fourth-order valence-corrected chi connectivity index (χ4v) is 2.83. The molecule has 33 heavy (non-hydrogen) atoms. The van der Waals surface area contributed by atoms with E-state index in [9.17, 15) is 26.3 Å². The van der Waals surface area contributed by atoms with Crippen molar-refractivity contribution in [3.8, 4) is 11.6 Å². The Balaban J connectivity index is 1.82. The molecule has 0 amide bonds. The maximum absolute atomic E-state index is 12.7. The van der Waals surface area contributed by atoms with Gasteiger partial charge in [-0.2, -0.15) is 13.2 Å². The minimum Gasteiger partial charge on any atom is -0.473 e. The lowest BCUT2D eigenvalue weighted by Gasteiger charge is -2.14. The first-order valence-corrected chi connectivity index (χ1v) is 9.28. The van der Waals surface area contributed by atoms with Crippen molar-refractivity contribution in [3.63, 3.8) is 0 Å². The number of pyridine rings is 1. The number of aromatic nitrogens is 1. The lowest BCUT2D eigenvalue weighted by molar-refractivity contribution is -0.274. The minimum atomic E-state index is -4.82. The lowest BCUT2D eigenvalue weighted by atomic mass is 9.98. The van der Waals surface area contributed by atoms with Crippen molar-refractivity contribution >= 4 is 5.71 Å². The first-order chi connectivity index (χ1) is 15.6. The van der Waals surface area contributed by atoms with Crippen LogP contribution >= 0.6 is 0 Å². The third kappa shape index (κ3) is 6.61. The van der Waals surface area contributed by atoms with E-state index in [0.29, 0.717) is 28.6 Å². The van der Waals surface area contributed by atoms with Crippen LogP contribution in [0, 0.1) is 0 Å². The minimum absolute atomic E-state index is 0.0170. The monoisotopic (exact) mass is 470 g/mol. The van der Waals surface area contributed by atoms with Crippen molar-refractivity contribution in [2.24, 2.45) is 5.16 Å². The van der Waals surface area contributed by atoms with Gasteiger partial charge in [0.1, 0.15) is 25.2 Å². The van der Waals surface area contributed by atoms with Gasteiger partial charge in [0.15, 0.2) is 0 Å². The Kier molecular flexibility index (Phi) is 7.10. The normalized spacial score (nSPS) is 12.4. The highest BCUT2D eigenvalue weighted by atomic mass is 19.4. The van der Waals surface area contributed by atoms with Gasteiger partial charge < -0.3 is 14.3 Å². The lowest BCUT2D eigenvalue weighted by Crippen LogP contribution is -2.17. The summed E-state index contributed by atoms with van der Waals surface area (Å²) in [7, 11) is 1.31. The summed E-state index contributed by atoms with van der Waals surface area (Å²) in [6.45, 7) is -0.0630. The summed E-state index contributed by atoms with van der Waals surface area (Å²) in [6, 6.07) is 13.8. The Labute approximate surface area is 184 Å². The maximum atomic E-state index is 12.7. The molecule has 0 radical (unpaired) electrons. The fourth-order valence-electron chi connectivity index (χ4n) is 2.83. The van der Waals surface area contributed by atoms with Crippen LogP contribution in [0.1, 0.15) is 22.3 Å². The summed E-state index contributed by atoms with van der Waals surface area (Å²) in [5, 5.41) is 3.98. The number of hydrogen-bond acceptors (Lipinski definition) is 5. The first-order valence-electron chi connectivity index (χ1n) is 9.28. The zero-order valence-electron chi connectivity index (χ0n) is 16.9. The highest BCUT2D eigenvalue weighted by Gasteiger charge is 2.31. The molecule has 0 saturated carbocycles. The molecule has 0 aliphatic heterocycles. The van der Waals surface area contributed by atoms with Crippen LogP contribution in [0.5, 0.6) is 11.6 Å². The number of benzene rings is 2. The smallest absolute Gasteiger partial charge is 0.473 e.